The first kappa shape index (κ1) is 32.0. The van der Waals surface area contributed by atoms with E-state index >= 15 is 0 Å². The Hall–Kier alpha value is -4.95. The van der Waals surface area contributed by atoms with Crippen molar-refractivity contribution in [3.8, 4) is 5.75 Å². The number of nitrogens with zero attached hydrogens (tertiary/aromatic N) is 2. The van der Waals surface area contributed by atoms with Gasteiger partial charge in [-0.2, -0.15) is 0 Å². The van der Waals surface area contributed by atoms with E-state index in [2.05, 4.69) is 10.0 Å². The van der Waals surface area contributed by atoms with Gasteiger partial charge in [-0.15, -0.1) is 0 Å². The molecule has 0 atom stereocenters. The molecule has 230 valence electrons. The van der Waals surface area contributed by atoms with Gasteiger partial charge in [0.05, 0.1) is 33.2 Å². The van der Waals surface area contributed by atoms with Crippen LogP contribution in [0.3, 0.4) is 0 Å². The normalized spacial score (nSPS) is 11.5. The van der Waals surface area contributed by atoms with E-state index in [9.17, 15) is 31.7 Å². The maximum absolute atomic E-state index is 13.7. The second-order valence-corrected chi connectivity index (χ2v) is 13.5. The Balaban J connectivity index is 1.58. The molecular weight excluding hydrogens is 608 g/mol. The van der Waals surface area contributed by atoms with E-state index < -0.39 is 37.4 Å². The molecule has 0 spiro atoms. The number of rotatable bonds is 11. The van der Waals surface area contributed by atoms with Crippen LogP contribution in [0.4, 0.5) is 22.7 Å². The Kier molecular flexibility index (Phi) is 9.25. The van der Waals surface area contributed by atoms with Gasteiger partial charge in [-0.1, -0.05) is 23.8 Å². The van der Waals surface area contributed by atoms with Gasteiger partial charge >= 0.3 is 0 Å². The second kappa shape index (κ2) is 12.7. The van der Waals surface area contributed by atoms with Gasteiger partial charge in [-0.05, 0) is 87.0 Å². The number of methoxy groups -OCH3 is 1. The number of nitro groups is 1. The third kappa shape index (κ3) is 7.15. The van der Waals surface area contributed by atoms with Crippen LogP contribution in [-0.4, -0.2) is 41.3 Å². The molecule has 0 radical (unpaired) electrons. The molecule has 4 rings (SSSR count). The molecule has 14 heteroatoms. The van der Waals surface area contributed by atoms with E-state index in [0.717, 1.165) is 21.5 Å². The summed E-state index contributed by atoms with van der Waals surface area (Å²) in [7, 11) is -6.94. The van der Waals surface area contributed by atoms with Gasteiger partial charge < -0.3 is 10.1 Å². The maximum atomic E-state index is 13.7. The predicted molar refractivity (Wildman–Crippen MR) is 167 cm³/mol. The minimum atomic E-state index is -4.46. The van der Waals surface area contributed by atoms with Crippen LogP contribution in [0.2, 0.25) is 0 Å². The Morgan fingerprint density at radius 2 is 1.48 bits per heavy atom. The lowest BCUT2D eigenvalue weighted by Crippen LogP contribution is -2.38. The first-order valence-corrected chi connectivity index (χ1v) is 16.1. The highest BCUT2D eigenvalue weighted by Gasteiger charge is 2.29. The number of amides is 1. The van der Waals surface area contributed by atoms with Crippen LogP contribution in [0.1, 0.15) is 16.7 Å². The van der Waals surface area contributed by atoms with Crippen molar-refractivity contribution in [2.45, 2.75) is 30.6 Å². The number of hydrogen-bond acceptors (Lipinski definition) is 8. The monoisotopic (exact) mass is 638 g/mol. The van der Waals surface area contributed by atoms with Crippen molar-refractivity contribution in [2.24, 2.45) is 0 Å². The van der Waals surface area contributed by atoms with Gasteiger partial charge in [0.2, 0.25) is 5.91 Å². The van der Waals surface area contributed by atoms with Gasteiger partial charge in [0.25, 0.3) is 25.7 Å². The fourth-order valence-corrected chi connectivity index (χ4v) is 6.89. The molecule has 44 heavy (non-hydrogen) atoms. The minimum Gasteiger partial charge on any atom is -0.497 e. The number of anilines is 3. The first-order chi connectivity index (χ1) is 20.7. The molecule has 0 aliphatic heterocycles. The quantitative estimate of drug-likeness (QED) is 0.168. The summed E-state index contributed by atoms with van der Waals surface area (Å²) in [5.74, 6) is -0.293. The SMILES string of the molecule is COc1ccc(N(CC(=O)Nc2ccc(S(=O)(=O)Nc3ccc(C)cc3C)cc2)S(=O)(=O)c2ccc(C)c([N+](=O)[O-])c2)cc1. The molecule has 0 aliphatic rings. The summed E-state index contributed by atoms with van der Waals surface area (Å²) in [5.41, 5.74) is 2.41. The average molecular weight is 639 g/mol. The van der Waals surface area contributed by atoms with Crippen molar-refractivity contribution >= 4 is 48.7 Å². The summed E-state index contributed by atoms with van der Waals surface area (Å²) >= 11 is 0. The number of aryl methyl sites for hydroxylation is 3. The van der Waals surface area contributed by atoms with Crippen LogP contribution in [-0.2, 0) is 24.8 Å². The summed E-state index contributed by atoms with van der Waals surface area (Å²) in [5, 5.41) is 14.1. The Bertz CT molecular complexity index is 1930. The predicted octanol–water partition coefficient (Wildman–Crippen LogP) is 5.16. The van der Waals surface area contributed by atoms with E-state index in [1.165, 1.54) is 74.7 Å². The van der Waals surface area contributed by atoms with Crippen molar-refractivity contribution in [3.63, 3.8) is 0 Å². The van der Waals surface area contributed by atoms with Crippen LogP contribution in [0, 0.1) is 30.9 Å². The van der Waals surface area contributed by atoms with Crippen LogP contribution in [0.25, 0.3) is 0 Å². The van der Waals surface area contributed by atoms with Gasteiger partial charge in [-0.25, -0.2) is 16.8 Å². The van der Waals surface area contributed by atoms with E-state index in [1.54, 1.807) is 19.1 Å². The van der Waals surface area contributed by atoms with Crippen molar-refractivity contribution in [2.75, 3.05) is 28.0 Å². The molecule has 0 bridgehead atoms. The van der Waals surface area contributed by atoms with Crippen molar-refractivity contribution in [1.82, 2.24) is 0 Å². The van der Waals surface area contributed by atoms with Gasteiger partial charge in [-0.3, -0.25) is 23.9 Å². The number of carbonyl (C=O) groups excluding carboxylic acids is 1. The average Bonchev–Trinajstić information content (AvgIpc) is 2.97. The lowest BCUT2D eigenvalue weighted by atomic mass is 10.1. The van der Waals surface area contributed by atoms with Gasteiger partial charge in [0.1, 0.15) is 12.3 Å². The molecule has 2 N–H and O–H groups in total. The fraction of sp³-hybridized carbons (Fsp3) is 0.167. The van der Waals surface area contributed by atoms with Crippen LogP contribution < -0.4 is 19.1 Å². The topological polar surface area (TPSA) is 165 Å². The largest absolute Gasteiger partial charge is 0.497 e. The lowest BCUT2D eigenvalue weighted by molar-refractivity contribution is -0.385. The third-order valence-corrected chi connectivity index (χ3v) is 9.84. The fourth-order valence-electron chi connectivity index (χ4n) is 4.32. The van der Waals surface area contributed by atoms with Crippen molar-refractivity contribution < 1.29 is 31.3 Å². The summed E-state index contributed by atoms with van der Waals surface area (Å²) in [6, 6.07) is 20.1. The Labute approximate surface area is 255 Å². The molecule has 4 aromatic carbocycles. The summed E-state index contributed by atoms with van der Waals surface area (Å²) in [6.45, 7) is 4.49. The Morgan fingerprint density at radius 3 is 2.07 bits per heavy atom. The standard InChI is InChI=1S/C30H30N4O8S2/c1-20-5-16-28(22(3)17-20)32-43(38,39)26-14-7-23(8-15-26)31-30(35)19-33(24-9-11-25(42-4)12-10-24)44(40,41)27-13-6-21(2)29(18-27)34(36)37/h5-18,32H,19H2,1-4H3,(H,31,35). The zero-order chi connectivity index (χ0) is 32.2. The van der Waals surface area contributed by atoms with Crippen LogP contribution in [0.5, 0.6) is 5.75 Å². The summed E-state index contributed by atoms with van der Waals surface area (Å²) in [4.78, 5) is 23.5. The maximum Gasteiger partial charge on any atom is 0.273 e. The number of nitro benzene ring substituents is 1. The highest BCUT2D eigenvalue weighted by Crippen LogP contribution is 2.29. The molecule has 0 saturated carbocycles. The van der Waals surface area contributed by atoms with E-state index in [-0.39, 0.29) is 32.4 Å². The van der Waals surface area contributed by atoms with E-state index in [0.29, 0.717) is 11.4 Å². The molecule has 0 heterocycles. The molecule has 0 saturated heterocycles. The van der Waals surface area contributed by atoms with Crippen molar-refractivity contribution in [3.05, 3.63) is 112 Å². The lowest BCUT2D eigenvalue weighted by Gasteiger charge is -2.24. The molecule has 0 aliphatic carbocycles. The summed E-state index contributed by atoms with van der Waals surface area (Å²) < 4.78 is 61.8. The molecule has 0 aromatic heterocycles. The number of sulfonamides is 2. The smallest absolute Gasteiger partial charge is 0.273 e. The minimum absolute atomic E-state index is 0.0427. The molecule has 1 amide bonds. The number of carbonyl (C=O) groups is 1. The number of benzene rings is 4. The zero-order valence-electron chi connectivity index (χ0n) is 24.3. The van der Waals surface area contributed by atoms with Crippen LogP contribution >= 0.6 is 0 Å². The first-order valence-electron chi connectivity index (χ1n) is 13.1. The zero-order valence-corrected chi connectivity index (χ0v) is 25.9. The third-order valence-electron chi connectivity index (χ3n) is 6.69. The molecule has 12 nitrogen and oxygen atoms in total. The number of nitrogens with one attached hydrogen (secondary N) is 2. The molecule has 4 aromatic rings. The van der Waals surface area contributed by atoms with E-state index in [4.69, 9.17) is 4.74 Å². The molecule has 0 fully saturated rings. The summed E-state index contributed by atoms with van der Waals surface area (Å²) in [6.07, 6.45) is 0. The highest BCUT2D eigenvalue weighted by atomic mass is 32.2. The van der Waals surface area contributed by atoms with Crippen molar-refractivity contribution in [1.29, 1.82) is 0 Å². The molecular formula is C30H30N4O8S2. The number of hydrogen-bond donors (Lipinski definition) is 2. The van der Waals surface area contributed by atoms with E-state index in [1.807, 2.05) is 13.0 Å². The highest BCUT2D eigenvalue weighted by molar-refractivity contribution is 7.93. The van der Waals surface area contributed by atoms with Gasteiger partial charge in [0, 0.05) is 17.3 Å². The number of ether oxygens (including phenoxy) is 1. The second-order valence-electron chi connectivity index (χ2n) is 9.91. The molecule has 0 unspecified atom stereocenters. The van der Waals surface area contributed by atoms with Gasteiger partial charge in [0.15, 0.2) is 0 Å². The Morgan fingerprint density at radius 1 is 0.841 bits per heavy atom. The van der Waals surface area contributed by atoms with Crippen LogP contribution in [0.15, 0.2) is 94.7 Å².